The van der Waals surface area contributed by atoms with Crippen LogP contribution in [0, 0.1) is 5.92 Å². The minimum absolute atomic E-state index is 0.236. The summed E-state index contributed by atoms with van der Waals surface area (Å²) in [5, 5.41) is 0. The summed E-state index contributed by atoms with van der Waals surface area (Å²) in [6, 6.07) is 0.236. The molecule has 0 spiro atoms. The number of hydrogen-bond donors (Lipinski definition) is 1. The van der Waals surface area contributed by atoms with Crippen molar-refractivity contribution in [2.45, 2.75) is 58.1 Å². The van der Waals surface area contributed by atoms with Gasteiger partial charge in [0.2, 0.25) is 0 Å². The first-order valence-corrected chi connectivity index (χ1v) is 5.59. The van der Waals surface area contributed by atoms with Gasteiger partial charge >= 0.3 is 0 Å². The Labute approximate surface area is 81.8 Å². The fraction of sp³-hybridized carbons (Fsp3) is 1.00. The molecule has 1 rings (SSSR count). The van der Waals surface area contributed by atoms with Gasteiger partial charge in [0, 0.05) is 6.04 Å². The first-order valence-electron chi connectivity index (χ1n) is 5.59. The van der Waals surface area contributed by atoms with Gasteiger partial charge in [-0.05, 0) is 38.0 Å². The van der Waals surface area contributed by atoms with Gasteiger partial charge in [0.25, 0.3) is 0 Å². The van der Waals surface area contributed by atoms with Crippen LogP contribution in [0.15, 0.2) is 0 Å². The van der Waals surface area contributed by atoms with Crippen molar-refractivity contribution in [2.75, 3.05) is 6.61 Å². The third-order valence-electron chi connectivity index (χ3n) is 3.03. The fourth-order valence-corrected chi connectivity index (χ4v) is 1.77. The molecular weight excluding hydrogens is 162 g/mol. The van der Waals surface area contributed by atoms with E-state index in [0.717, 1.165) is 18.9 Å². The van der Waals surface area contributed by atoms with E-state index in [-0.39, 0.29) is 6.04 Å². The van der Waals surface area contributed by atoms with Crippen molar-refractivity contribution in [1.82, 2.24) is 0 Å². The number of rotatable bonds is 4. The van der Waals surface area contributed by atoms with Crippen LogP contribution in [-0.2, 0) is 4.74 Å². The van der Waals surface area contributed by atoms with Crippen molar-refractivity contribution in [2.24, 2.45) is 11.7 Å². The van der Waals surface area contributed by atoms with E-state index >= 15 is 0 Å². The molecule has 0 aromatic heterocycles. The molecule has 0 saturated heterocycles. The van der Waals surface area contributed by atoms with Crippen molar-refractivity contribution in [3.05, 3.63) is 0 Å². The molecule has 0 aliphatic heterocycles. The van der Waals surface area contributed by atoms with E-state index in [1.807, 2.05) is 0 Å². The van der Waals surface area contributed by atoms with Crippen LogP contribution in [0.2, 0.25) is 0 Å². The Kier molecular flexibility index (Phi) is 4.74. The maximum Gasteiger partial charge on any atom is 0.0621 e. The molecule has 0 radical (unpaired) electrons. The Bertz CT molecular complexity index is 130. The van der Waals surface area contributed by atoms with Crippen LogP contribution in [0.1, 0.15) is 46.0 Å². The predicted octanol–water partition coefficient (Wildman–Crippen LogP) is 2.32. The number of nitrogens with two attached hydrogens (primary N) is 1. The molecule has 0 aromatic carbocycles. The van der Waals surface area contributed by atoms with Gasteiger partial charge in [-0.1, -0.05) is 13.8 Å². The van der Waals surface area contributed by atoms with Crippen molar-refractivity contribution in [3.63, 3.8) is 0 Å². The largest absolute Gasteiger partial charge is 0.377 e. The van der Waals surface area contributed by atoms with E-state index in [4.69, 9.17) is 10.5 Å². The van der Waals surface area contributed by atoms with E-state index in [1.54, 1.807) is 0 Å². The van der Waals surface area contributed by atoms with Gasteiger partial charge in [-0.3, -0.25) is 0 Å². The smallest absolute Gasteiger partial charge is 0.0621 e. The lowest BCUT2D eigenvalue weighted by Gasteiger charge is -2.27. The van der Waals surface area contributed by atoms with Gasteiger partial charge < -0.3 is 10.5 Å². The van der Waals surface area contributed by atoms with Crippen LogP contribution in [0.3, 0.4) is 0 Å². The van der Waals surface area contributed by atoms with E-state index in [9.17, 15) is 0 Å². The van der Waals surface area contributed by atoms with Gasteiger partial charge in [-0.2, -0.15) is 0 Å². The molecule has 78 valence electrons. The summed E-state index contributed by atoms with van der Waals surface area (Å²) in [5.74, 6) is 0.902. The lowest BCUT2D eigenvalue weighted by molar-refractivity contribution is 0.0124. The lowest BCUT2D eigenvalue weighted by Crippen LogP contribution is -2.30. The van der Waals surface area contributed by atoms with Gasteiger partial charge in [0.15, 0.2) is 0 Å². The maximum absolute atomic E-state index is 5.79. The average Bonchev–Trinajstić information content (AvgIpc) is 2.16. The zero-order valence-electron chi connectivity index (χ0n) is 8.96. The first-order chi connectivity index (χ1) is 6.22. The van der Waals surface area contributed by atoms with E-state index < -0.39 is 0 Å². The summed E-state index contributed by atoms with van der Waals surface area (Å²) in [7, 11) is 0. The molecule has 1 saturated carbocycles. The molecule has 0 aromatic rings. The van der Waals surface area contributed by atoms with Gasteiger partial charge in [0.1, 0.15) is 0 Å². The van der Waals surface area contributed by atoms with Crippen LogP contribution in [0.25, 0.3) is 0 Å². The van der Waals surface area contributed by atoms with E-state index in [0.29, 0.717) is 6.10 Å². The van der Waals surface area contributed by atoms with Gasteiger partial charge in [-0.15, -0.1) is 0 Å². The molecule has 0 bridgehead atoms. The summed E-state index contributed by atoms with van der Waals surface area (Å²) >= 11 is 0. The molecule has 1 unspecified atom stereocenters. The van der Waals surface area contributed by atoms with E-state index in [1.165, 1.54) is 25.7 Å². The highest BCUT2D eigenvalue weighted by molar-refractivity contribution is 4.70. The molecule has 1 atom stereocenters. The van der Waals surface area contributed by atoms with E-state index in [2.05, 4.69) is 13.8 Å². The van der Waals surface area contributed by atoms with Gasteiger partial charge in [-0.25, -0.2) is 0 Å². The highest BCUT2D eigenvalue weighted by atomic mass is 16.5. The summed E-state index contributed by atoms with van der Waals surface area (Å²) in [4.78, 5) is 0. The molecule has 0 amide bonds. The molecule has 2 heteroatoms. The predicted molar refractivity (Wildman–Crippen MR) is 55.6 cm³/mol. The molecular formula is C11H23NO. The zero-order chi connectivity index (χ0) is 9.68. The first kappa shape index (κ1) is 11.0. The standard InChI is InChI=1S/C11H23NO/c1-3-10(12)8-13-11-6-4-9(2)5-7-11/h9-11H,3-8,12H2,1-2H3. The highest BCUT2D eigenvalue weighted by Gasteiger charge is 2.18. The maximum atomic E-state index is 5.79. The summed E-state index contributed by atoms with van der Waals surface area (Å²) in [6.07, 6.45) is 6.63. The summed E-state index contributed by atoms with van der Waals surface area (Å²) in [6.45, 7) is 5.18. The molecule has 0 heterocycles. The Balaban J connectivity index is 2.08. The third kappa shape index (κ3) is 4.10. The summed E-state index contributed by atoms with van der Waals surface area (Å²) < 4.78 is 5.76. The SMILES string of the molecule is CCC(N)COC1CCC(C)CC1. The number of ether oxygens (including phenoxy) is 1. The fourth-order valence-electron chi connectivity index (χ4n) is 1.77. The van der Waals surface area contributed by atoms with Gasteiger partial charge in [0.05, 0.1) is 12.7 Å². The Morgan fingerprint density at radius 3 is 2.46 bits per heavy atom. The minimum atomic E-state index is 0.236. The van der Waals surface area contributed by atoms with Crippen LogP contribution in [-0.4, -0.2) is 18.8 Å². The normalized spacial score (nSPS) is 31.6. The topological polar surface area (TPSA) is 35.2 Å². The number of hydrogen-bond acceptors (Lipinski definition) is 2. The van der Waals surface area contributed by atoms with Crippen LogP contribution < -0.4 is 5.73 Å². The van der Waals surface area contributed by atoms with Crippen molar-refractivity contribution in [1.29, 1.82) is 0 Å². The van der Waals surface area contributed by atoms with Crippen LogP contribution >= 0.6 is 0 Å². The third-order valence-corrected chi connectivity index (χ3v) is 3.03. The zero-order valence-corrected chi connectivity index (χ0v) is 8.96. The van der Waals surface area contributed by atoms with Crippen molar-refractivity contribution >= 4 is 0 Å². The second kappa shape index (κ2) is 5.61. The highest BCUT2D eigenvalue weighted by Crippen LogP contribution is 2.25. The molecule has 13 heavy (non-hydrogen) atoms. The Hall–Kier alpha value is -0.0800. The van der Waals surface area contributed by atoms with Crippen molar-refractivity contribution < 1.29 is 4.74 Å². The molecule has 2 N–H and O–H groups in total. The van der Waals surface area contributed by atoms with Crippen LogP contribution in [0.5, 0.6) is 0 Å². The Morgan fingerprint density at radius 1 is 1.31 bits per heavy atom. The molecule has 1 aliphatic carbocycles. The second-order valence-electron chi connectivity index (χ2n) is 4.38. The quantitative estimate of drug-likeness (QED) is 0.729. The minimum Gasteiger partial charge on any atom is -0.377 e. The molecule has 2 nitrogen and oxygen atoms in total. The van der Waals surface area contributed by atoms with Crippen molar-refractivity contribution in [3.8, 4) is 0 Å². The monoisotopic (exact) mass is 185 g/mol. The summed E-state index contributed by atoms with van der Waals surface area (Å²) in [5.41, 5.74) is 5.79. The lowest BCUT2D eigenvalue weighted by atomic mass is 9.89. The molecule has 1 aliphatic rings. The Morgan fingerprint density at radius 2 is 1.92 bits per heavy atom. The average molecular weight is 185 g/mol. The van der Waals surface area contributed by atoms with Crippen LogP contribution in [0.4, 0.5) is 0 Å². The molecule has 1 fully saturated rings. The second-order valence-corrected chi connectivity index (χ2v) is 4.38.